The average molecular weight is 760 g/mol. The molecule has 0 bridgehead atoms. The summed E-state index contributed by atoms with van der Waals surface area (Å²) in [6.07, 6.45) is 2.10. The fourth-order valence-electron chi connectivity index (χ4n) is 4.34. The summed E-state index contributed by atoms with van der Waals surface area (Å²) in [5, 5.41) is 10.5. The molecule has 0 aliphatic rings. The molecule has 3 aromatic rings. The molecule has 2 unspecified atom stereocenters. The van der Waals surface area contributed by atoms with Gasteiger partial charge in [0, 0.05) is 41.0 Å². The van der Waals surface area contributed by atoms with Crippen LogP contribution in [0.5, 0.6) is 0 Å². The lowest BCUT2D eigenvalue weighted by atomic mass is 9.96. The molecular formula is C34H43Cl4N5O6. The fourth-order valence-corrected chi connectivity index (χ4v) is 4.98. The number of pyridine rings is 1. The van der Waals surface area contributed by atoms with Crippen LogP contribution in [0.25, 0.3) is 11.5 Å². The molecule has 0 aliphatic heterocycles. The predicted octanol–water partition coefficient (Wildman–Crippen LogP) is 7.82. The van der Waals surface area contributed by atoms with Crippen LogP contribution in [0.4, 0.5) is 10.5 Å². The van der Waals surface area contributed by atoms with Crippen molar-refractivity contribution >= 4 is 75.8 Å². The van der Waals surface area contributed by atoms with Crippen molar-refractivity contribution in [3.8, 4) is 11.5 Å². The molecule has 0 spiro atoms. The summed E-state index contributed by atoms with van der Waals surface area (Å²) in [5.74, 6) is -1.63. The number of halogens is 4. The molecule has 15 heteroatoms. The van der Waals surface area contributed by atoms with Crippen LogP contribution in [0, 0.1) is 18.8 Å². The summed E-state index contributed by atoms with van der Waals surface area (Å²) in [6.45, 7) is 14.1. The van der Waals surface area contributed by atoms with Crippen molar-refractivity contribution in [3.05, 3.63) is 64.4 Å². The van der Waals surface area contributed by atoms with Gasteiger partial charge in [0.25, 0.3) is 5.91 Å². The highest BCUT2D eigenvalue weighted by Gasteiger charge is 2.32. The van der Waals surface area contributed by atoms with Gasteiger partial charge in [-0.2, -0.15) is 0 Å². The second kappa shape index (κ2) is 19.1. The third kappa shape index (κ3) is 13.5. The minimum atomic E-state index is -1.37. The van der Waals surface area contributed by atoms with E-state index >= 15 is 0 Å². The van der Waals surface area contributed by atoms with E-state index in [4.69, 9.17) is 55.7 Å². The number of carbonyl (C=O) groups excluding carboxylic acids is 4. The molecule has 0 fully saturated rings. The zero-order valence-corrected chi connectivity index (χ0v) is 31.7. The molecule has 49 heavy (non-hydrogen) atoms. The maximum Gasteiger partial charge on any atom is 0.408 e. The number of nitrogens with one attached hydrogen (secondary N) is 2. The maximum absolute atomic E-state index is 13.3. The topological polar surface area (TPSA) is 144 Å². The van der Waals surface area contributed by atoms with Gasteiger partial charge in [-0.25, -0.2) is 4.79 Å². The van der Waals surface area contributed by atoms with Crippen LogP contribution in [0.1, 0.15) is 60.5 Å². The first-order valence-corrected chi connectivity index (χ1v) is 17.1. The maximum atomic E-state index is 13.3. The summed E-state index contributed by atoms with van der Waals surface area (Å²) < 4.78 is 10.4. The van der Waals surface area contributed by atoms with E-state index in [0.29, 0.717) is 17.1 Å². The van der Waals surface area contributed by atoms with E-state index in [1.54, 1.807) is 66.7 Å². The van der Waals surface area contributed by atoms with Crippen molar-refractivity contribution in [2.75, 3.05) is 11.4 Å². The highest BCUT2D eigenvalue weighted by atomic mass is 35.5. The standard InChI is InChI=1S/C27H37Cl2N5O6.C7H6Cl2/c1-15(2)21(32-24(36)22(16(3)4)33-26(38)39-27(5,6)7)19(35)10-13-34(25(37)23(28)29)17-8-11-30-18(14-17)20-9-12-31-40-20;1-5-6(8)3-2-4-7(5)9/h8-9,11-12,14-16,21-23H,10,13H2,1-7H3,(H,32,36)(H,33,38);2-4H,1H3. The Labute approximate surface area is 307 Å². The number of alkyl halides is 2. The van der Waals surface area contributed by atoms with E-state index in [9.17, 15) is 19.2 Å². The Bertz CT molecular complexity index is 1540. The van der Waals surface area contributed by atoms with Gasteiger partial charge in [-0.3, -0.25) is 19.4 Å². The number of anilines is 1. The second-order valence-electron chi connectivity index (χ2n) is 12.7. The van der Waals surface area contributed by atoms with E-state index in [2.05, 4.69) is 20.8 Å². The van der Waals surface area contributed by atoms with Crippen molar-refractivity contribution in [2.24, 2.45) is 11.8 Å². The molecule has 2 aromatic heterocycles. The van der Waals surface area contributed by atoms with E-state index < -0.39 is 40.4 Å². The van der Waals surface area contributed by atoms with Crippen LogP contribution >= 0.6 is 46.4 Å². The molecule has 2 heterocycles. The number of benzene rings is 1. The molecule has 3 amide bonds. The summed E-state index contributed by atoms with van der Waals surface area (Å²) in [7, 11) is 0. The van der Waals surface area contributed by atoms with Crippen LogP contribution in [-0.2, 0) is 19.1 Å². The number of ether oxygens (including phenoxy) is 1. The number of hydrogen-bond acceptors (Lipinski definition) is 8. The minimum Gasteiger partial charge on any atom is -0.444 e. The number of alkyl carbamates (subject to hydrolysis) is 1. The Morgan fingerprint density at radius 3 is 2.02 bits per heavy atom. The minimum absolute atomic E-state index is 0.0592. The summed E-state index contributed by atoms with van der Waals surface area (Å²) in [6, 6.07) is 8.46. The number of ketones is 1. The van der Waals surface area contributed by atoms with Crippen molar-refractivity contribution < 1.29 is 28.4 Å². The molecular weight excluding hydrogens is 716 g/mol. The van der Waals surface area contributed by atoms with Crippen LogP contribution in [-0.4, -0.2) is 62.9 Å². The Hall–Kier alpha value is -3.38. The third-order valence-corrected chi connectivity index (χ3v) is 8.11. The van der Waals surface area contributed by atoms with E-state index in [0.717, 1.165) is 15.6 Å². The zero-order valence-electron chi connectivity index (χ0n) is 28.7. The lowest BCUT2D eigenvalue weighted by molar-refractivity contribution is -0.130. The van der Waals surface area contributed by atoms with Crippen LogP contribution in [0.3, 0.4) is 0 Å². The molecule has 3 rings (SSSR count). The van der Waals surface area contributed by atoms with Gasteiger partial charge in [-0.15, -0.1) is 0 Å². The molecule has 11 nitrogen and oxygen atoms in total. The van der Waals surface area contributed by atoms with Gasteiger partial charge >= 0.3 is 6.09 Å². The summed E-state index contributed by atoms with van der Waals surface area (Å²) in [5.41, 5.74) is 1.03. The molecule has 2 N–H and O–H groups in total. The Morgan fingerprint density at radius 2 is 1.53 bits per heavy atom. The van der Waals surface area contributed by atoms with Gasteiger partial charge in [0.1, 0.15) is 17.3 Å². The number of aromatic nitrogens is 2. The molecule has 1 aromatic carbocycles. The number of nitrogens with zero attached hydrogens (tertiary/aromatic N) is 3. The first-order valence-electron chi connectivity index (χ1n) is 15.5. The Balaban J connectivity index is 0.000000797. The number of amides is 3. The number of hydrogen-bond donors (Lipinski definition) is 2. The average Bonchev–Trinajstić information content (AvgIpc) is 3.56. The lowest BCUT2D eigenvalue weighted by Gasteiger charge is -2.29. The highest BCUT2D eigenvalue weighted by Crippen LogP contribution is 2.25. The van der Waals surface area contributed by atoms with Crippen LogP contribution in [0.2, 0.25) is 10.0 Å². The largest absolute Gasteiger partial charge is 0.444 e. The number of rotatable bonds is 12. The van der Waals surface area contributed by atoms with Crippen molar-refractivity contribution in [3.63, 3.8) is 0 Å². The molecule has 0 saturated carbocycles. The van der Waals surface area contributed by atoms with Gasteiger partial charge in [-0.1, -0.05) is 85.3 Å². The molecule has 268 valence electrons. The molecule has 0 radical (unpaired) electrons. The van der Waals surface area contributed by atoms with Crippen molar-refractivity contribution in [1.82, 2.24) is 20.8 Å². The normalized spacial score (nSPS) is 12.6. The van der Waals surface area contributed by atoms with Gasteiger partial charge in [0.05, 0.1) is 12.2 Å². The van der Waals surface area contributed by atoms with Gasteiger partial charge in [0.2, 0.25) is 5.91 Å². The summed E-state index contributed by atoms with van der Waals surface area (Å²) in [4.78, 5) is 55.8. The van der Waals surface area contributed by atoms with Crippen LogP contribution < -0.4 is 15.5 Å². The number of Topliss-reactive ketones (excluding diaryl/α,β-unsaturated/α-hetero) is 1. The van der Waals surface area contributed by atoms with E-state index in [1.807, 2.05) is 25.1 Å². The third-order valence-electron chi connectivity index (χ3n) is 6.91. The lowest BCUT2D eigenvalue weighted by Crippen LogP contribution is -2.55. The van der Waals surface area contributed by atoms with E-state index in [-0.39, 0.29) is 30.6 Å². The highest BCUT2D eigenvalue weighted by molar-refractivity contribution is 6.54. The SMILES string of the molecule is CC(C)C(NC(=O)C(NC(=O)OC(C)(C)C)C(C)C)C(=O)CCN(C(=O)C(Cl)Cl)c1ccnc(-c2ccno2)c1.Cc1c(Cl)cccc1Cl. The number of carbonyl (C=O) groups is 4. The van der Waals surface area contributed by atoms with Crippen molar-refractivity contribution in [2.45, 2.75) is 84.3 Å². The predicted molar refractivity (Wildman–Crippen MR) is 193 cm³/mol. The van der Waals surface area contributed by atoms with Gasteiger partial charge in [-0.05, 0) is 69.4 Å². The van der Waals surface area contributed by atoms with Crippen molar-refractivity contribution in [1.29, 1.82) is 0 Å². The fraction of sp³-hybridized carbons (Fsp3) is 0.471. The second-order valence-corrected chi connectivity index (χ2v) is 14.6. The molecule has 0 aliphatic carbocycles. The quantitative estimate of drug-likeness (QED) is 0.178. The first kappa shape index (κ1) is 41.8. The van der Waals surface area contributed by atoms with Crippen LogP contribution in [0.15, 0.2) is 53.3 Å². The first-order chi connectivity index (χ1) is 22.8. The summed E-state index contributed by atoms with van der Waals surface area (Å²) >= 11 is 23.3. The molecule has 0 saturated heterocycles. The van der Waals surface area contributed by atoms with E-state index in [1.165, 1.54) is 17.3 Å². The van der Waals surface area contributed by atoms with Gasteiger partial charge in [0.15, 0.2) is 16.4 Å². The zero-order chi connectivity index (χ0) is 37.1. The Morgan fingerprint density at radius 1 is 0.918 bits per heavy atom. The molecule has 2 atom stereocenters. The smallest absolute Gasteiger partial charge is 0.408 e. The Kier molecular flexibility index (Phi) is 16.3. The van der Waals surface area contributed by atoms with Gasteiger partial charge < -0.3 is 24.8 Å². The monoisotopic (exact) mass is 757 g/mol.